The number of halogens is 3. The van der Waals surface area contributed by atoms with Gasteiger partial charge in [-0.05, 0) is 12.1 Å². The van der Waals surface area contributed by atoms with Gasteiger partial charge in [-0.25, -0.2) is 0 Å². The number of para-hydroxylation sites is 1. The van der Waals surface area contributed by atoms with Crippen LogP contribution in [0.2, 0.25) is 0 Å². The zero-order chi connectivity index (χ0) is 5.11. The lowest BCUT2D eigenvalue weighted by atomic mass is 10.3. The topological polar surface area (TPSA) is 20.2 Å². The Bertz CT molecular complexity index is 143. The van der Waals surface area contributed by atoms with Crippen molar-refractivity contribution in [2.75, 3.05) is 0 Å². The fraction of sp³-hybridized carbons (Fsp3) is 0. The summed E-state index contributed by atoms with van der Waals surface area (Å²) >= 11 is 0. The highest BCUT2D eigenvalue weighted by Gasteiger charge is 1.74. The van der Waals surface area contributed by atoms with Gasteiger partial charge in [0.15, 0.2) is 0 Å². The van der Waals surface area contributed by atoms with E-state index in [-0.39, 0.29) is 71.9 Å². The van der Waals surface area contributed by atoms with Gasteiger partial charge >= 0.3 is 0 Å². The molecule has 0 saturated carbocycles. The molecule has 1 aromatic carbocycles. The first-order chi connectivity index (χ1) is 3.39. The smallest absolute Gasteiger partial charge is 0.115 e. The molecule has 0 atom stereocenters. The molecule has 0 heterocycles. The van der Waals surface area contributed by atoms with E-state index in [0.717, 1.165) is 0 Å². The fourth-order valence-corrected chi connectivity index (χ4v) is 0.428. The van der Waals surface area contributed by atoms with Crippen molar-refractivity contribution in [1.29, 1.82) is 0 Å². The van der Waals surface area contributed by atoms with Crippen LogP contribution in [-0.4, -0.2) is 5.11 Å². The molecule has 4 heteroatoms. The molecule has 0 spiro atoms. The lowest BCUT2D eigenvalue weighted by Gasteiger charge is -1.82. The molecule has 0 unspecified atom stereocenters. The minimum absolute atomic E-state index is 0. The predicted octanol–water partition coefficient (Wildman–Crippen LogP) is 3.25. The van der Waals surface area contributed by atoms with Crippen LogP contribution in [0.1, 0.15) is 0 Å². The van der Waals surface area contributed by atoms with Crippen molar-refractivity contribution in [3.8, 4) is 5.75 Å². The maximum Gasteiger partial charge on any atom is 0.115 e. The summed E-state index contributed by atoms with van der Waals surface area (Å²) in [6, 6.07) is 8.71. The molecular weight excluding hydrogens is 469 g/mol. The Morgan fingerprint density at radius 2 is 1.20 bits per heavy atom. The summed E-state index contributed by atoms with van der Waals surface area (Å²) in [7, 11) is 0. The maximum absolute atomic E-state index is 8.63. The van der Waals surface area contributed by atoms with E-state index in [9.17, 15) is 0 Å². The van der Waals surface area contributed by atoms with E-state index in [4.69, 9.17) is 5.11 Å². The van der Waals surface area contributed by atoms with Gasteiger partial charge in [0.2, 0.25) is 0 Å². The molecule has 1 nitrogen and oxygen atoms in total. The van der Waals surface area contributed by atoms with Crippen molar-refractivity contribution in [1.82, 2.24) is 0 Å². The van der Waals surface area contributed by atoms with Gasteiger partial charge in [-0.1, -0.05) is 18.2 Å². The summed E-state index contributed by atoms with van der Waals surface area (Å²) in [6.45, 7) is 0. The molecule has 0 aliphatic carbocycles. The van der Waals surface area contributed by atoms with Crippen LogP contribution in [0.5, 0.6) is 5.75 Å². The van der Waals surface area contributed by atoms with Gasteiger partial charge < -0.3 is 5.11 Å². The van der Waals surface area contributed by atoms with Crippen molar-refractivity contribution in [2.24, 2.45) is 0 Å². The Kier molecular flexibility index (Phi) is 17.7. The van der Waals surface area contributed by atoms with Gasteiger partial charge in [-0.3, -0.25) is 0 Å². The Morgan fingerprint density at radius 1 is 0.800 bits per heavy atom. The Labute approximate surface area is 112 Å². The first kappa shape index (κ1) is 17.3. The molecular formula is C6H9I3O. The predicted molar refractivity (Wildman–Crippen MR) is 74.4 cm³/mol. The molecule has 10 heavy (non-hydrogen) atoms. The van der Waals surface area contributed by atoms with E-state index in [0.29, 0.717) is 5.75 Å². The van der Waals surface area contributed by atoms with E-state index in [1.54, 1.807) is 24.3 Å². The highest BCUT2D eigenvalue weighted by atomic mass is 127. The molecule has 0 fully saturated rings. The van der Waals surface area contributed by atoms with Crippen LogP contribution in [0.4, 0.5) is 0 Å². The molecule has 60 valence electrons. The normalized spacial score (nSPS) is 6.00. The average Bonchev–Trinajstić information content (AvgIpc) is 1.69. The average molecular weight is 478 g/mol. The number of rotatable bonds is 0. The third kappa shape index (κ3) is 7.32. The molecule has 0 saturated heterocycles. The Balaban J connectivity index is -0.000000163. The second-order valence-electron chi connectivity index (χ2n) is 1.34. The number of benzene rings is 1. The molecule has 0 aliphatic rings. The molecule has 0 aliphatic heterocycles. The number of hydrogen-bond donors (Lipinski definition) is 1. The van der Waals surface area contributed by atoms with E-state index in [1.165, 1.54) is 0 Å². The van der Waals surface area contributed by atoms with Gasteiger partial charge in [0.1, 0.15) is 5.75 Å². The lowest BCUT2D eigenvalue weighted by molar-refractivity contribution is 0.475. The summed E-state index contributed by atoms with van der Waals surface area (Å²) in [6.07, 6.45) is 0. The van der Waals surface area contributed by atoms with Gasteiger partial charge in [0.25, 0.3) is 0 Å². The van der Waals surface area contributed by atoms with E-state index >= 15 is 0 Å². The zero-order valence-corrected chi connectivity index (χ0v) is 12.0. The van der Waals surface area contributed by atoms with Crippen LogP contribution >= 0.6 is 71.9 Å². The van der Waals surface area contributed by atoms with Crippen molar-refractivity contribution in [2.45, 2.75) is 0 Å². The third-order valence-corrected chi connectivity index (χ3v) is 0.756. The van der Waals surface area contributed by atoms with Crippen LogP contribution < -0.4 is 0 Å². The maximum atomic E-state index is 8.63. The van der Waals surface area contributed by atoms with Crippen LogP contribution in [0.15, 0.2) is 30.3 Å². The second kappa shape index (κ2) is 10.2. The van der Waals surface area contributed by atoms with Crippen LogP contribution in [0, 0.1) is 0 Å². The number of phenolic OH excluding ortho intramolecular Hbond substituents is 1. The largest absolute Gasteiger partial charge is 0.508 e. The summed E-state index contributed by atoms with van der Waals surface area (Å²) in [5, 5.41) is 8.63. The molecule has 0 aromatic heterocycles. The molecule has 1 aromatic rings. The van der Waals surface area contributed by atoms with Crippen molar-refractivity contribution in [3.05, 3.63) is 30.3 Å². The molecule has 1 rings (SSSR count). The number of aromatic hydroxyl groups is 1. The highest BCUT2D eigenvalue weighted by molar-refractivity contribution is 14.0. The van der Waals surface area contributed by atoms with Gasteiger partial charge in [0.05, 0.1) is 0 Å². The van der Waals surface area contributed by atoms with E-state index in [2.05, 4.69) is 0 Å². The Hall–Kier alpha value is 1.21. The van der Waals surface area contributed by atoms with Gasteiger partial charge in [-0.2, -0.15) is 0 Å². The molecule has 1 N–H and O–H groups in total. The van der Waals surface area contributed by atoms with Crippen LogP contribution in [0.3, 0.4) is 0 Å². The molecule has 0 radical (unpaired) electrons. The molecule has 0 bridgehead atoms. The van der Waals surface area contributed by atoms with Crippen LogP contribution in [0.25, 0.3) is 0 Å². The van der Waals surface area contributed by atoms with Crippen molar-refractivity contribution in [3.63, 3.8) is 0 Å². The summed E-state index contributed by atoms with van der Waals surface area (Å²) in [4.78, 5) is 0. The van der Waals surface area contributed by atoms with Crippen molar-refractivity contribution < 1.29 is 5.11 Å². The van der Waals surface area contributed by atoms with E-state index in [1.807, 2.05) is 6.07 Å². The summed E-state index contributed by atoms with van der Waals surface area (Å²) < 4.78 is 0. The van der Waals surface area contributed by atoms with Gasteiger partial charge in [0, 0.05) is 0 Å². The zero-order valence-electron chi connectivity index (χ0n) is 5.06. The van der Waals surface area contributed by atoms with E-state index < -0.39 is 0 Å². The van der Waals surface area contributed by atoms with Crippen molar-refractivity contribution >= 4 is 71.9 Å². The highest BCUT2D eigenvalue weighted by Crippen LogP contribution is 2.02. The summed E-state index contributed by atoms with van der Waals surface area (Å²) in [5.41, 5.74) is 0. The number of phenols is 1. The SMILES string of the molecule is I.I.I.Oc1ccccc1. The van der Waals surface area contributed by atoms with Crippen LogP contribution in [-0.2, 0) is 0 Å². The first-order valence-electron chi connectivity index (χ1n) is 2.13. The minimum Gasteiger partial charge on any atom is -0.508 e. The monoisotopic (exact) mass is 478 g/mol. The standard InChI is InChI=1S/C6H6O.3HI/c7-6-4-2-1-3-5-6;;;/h1-5,7H;3*1H. The third-order valence-electron chi connectivity index (χ3n) is 0.756. The summed E-state index contributed by atoms with van der Waals surface area (Å²) in [5.74, 6) is 0.322. The second-order valence-corrected chi connectivity index (χ2v) is 1.34. The minimum atomic E-state index is 0. The first-order valence-corrected chi connectivity index (χ1v) is 2.13. The van der Waals surface area contributed by atoms with Gasteiger partial charge in [-0.15, -0.1) is 71.9 Å². The lowest BCUT2D eigenvalue weighted by Crippen LogP contribution is -1.56. The molecule has 0 amide bonds. The Morgan fingerprint density at radius 3 is 1.40 bits per heavy atom. The fourth-order valence-electron chi connectivity index (χ4n) is 0.428. The number of hydrogen-bond acceptors (Lipinski definition) is 1. The quantitative estimate of drug-likeness (QED) is 0.569.